The van der Waals surface area contributed by atoms with Gasteiger partial charge in [-0.25, -0.2) is 8.42 Å². The van der Waals surface area contributed by atoms with E-state index in [2.05, 4.69) is 10.0 Å². The monoisotopic (exact) mass is 463 g/mol. The first-order chi connectivity index (χ1) is 14.1. The Hall–Kier alpha value is -2.74. The maximum atomic E-state index is 12.8. The van der Waals surface area contributed by atoms with Gasteiger partial charge in [-0.05, 0) is 61.4 Å². The Bertz CT molecular complexity index is 1220. The van der Waals surface area contributed by atoms with Gasteiger partial charge in [0.2, 0.25) is 0 Å². The molecule has 0 fully saturated rings. The van der Waals surface area contributed by atoms with Crippen LogP contribution < -0.4 is 15.8 Å². The van der Waals surface area contributed by atoms with E-state index in [1.165, 1.54) is 24.3 Å². The summed E-state index contributed by atoms with van der Waals surface area (Å²) in [4.78, 5) is 12.7. The van der Waals surface area contributed by atoms with Crippen molar-refractivity contribution in [3.05, 3.63) is 81.3 Å². The molecule has 0 unspecified atom stereocenters. The van der Waals surface area contributed by atoms with Crippen molar-refractivity contribution in [1.29, 1.82) is 0 Å². The van der Waals surface area contributed by atoms with Crippen LogP contribution in [0.1, 0.15) is 21.5 Å². The molecule has 3 aromatic rings. The van der Waals surface area contributed by atoms with Crippen molar-refractivity contribution in [2.24, 2.45) is 0 Å². The van der Waals surface area contributed by atoms with Crippen molar-refractivity contribution >= 4 is 56.2 Å². The molecule has 1 amide bonds. The maximum Gasteiger partial charge on any atom is 0.261 e. The Labute approximate surface area is 185 Å². The zero-order valence-corrected chi connectivity index (χ0v) is 18.5. The topological polar surface area (TPSA) is 101 Å². The first kappa shape index (κ1) is 22.0. The molecule has 0 bridgehead atoms. The standard InChI is InChI=1S/C21H19Cl2N3O3S/c1-12-4-3-5-14(8-12)26-30(28,29)16-7-6-13(2)17(11-16)21(27)25-15-9-18(22)20(24)19(23)10-15/h3-11,26H,24H2,1-2H3,(H,25,27). The molecule has 0 saturated heterocycles. The molecule has 0 radical (unpaired) electrons. The van der Waals surface area contributed by atoms with E-state index in [0.717, 1.165) is 5.56 Å². The number of amides is 1. The van der Waals surface area contributed by atoms with E-state index in [-0.39, 0.29) is 26.2 Å². The summed E-state index contributed by atoms with van der Waals surface area (Å²) in [7, 11) is -3.88. The number of nitrogens with two attached hydrogens (primary N) is 1. The molecule has 4 N–H and O–H groups in total. The summed E-state index contributed by atoms with van der Waals surface area (Å²) in [6.07, 6.45) is 0. The minimum atomic E-state index is -3.88. The van der Waals surface area contributed by atoms with Gasteiger partial charge in [0, 0.05) is 16.9 Å². The first-order valence-corrected chi connectivity index (χ1v) is 11.1. The van der Waals surface area contributed by atoms with Crippen molar-refractivity contribution in [3.63, 3.8) is 0 Å². The molecule has 0 saturated carbocycles. The summed E-state index contributed by atoms with van der Waals surface area (Å²) in [6.45, 7) is 3.57. The van der Waals surface area contributed by atoms with Crippen LogP contribution in [0.15, 0.2) is 59.5 Å². The van der Waals surface area contributed by atoms with E-state index in [0.29, 0.717) is 16.9 Å². The summed E-state index contributed by atoms with van der Waals surface area (Å²) >= 11 is 12.0. The fourth-order valence-electron chi connectivity index (χ4n) is 2.79. The molecule has 0 atom stereocenters. The molecule has 0 spiro atoms. The van der Waals surface area contributed by atoms with Crippen LogP contribution >= 0.6 is 23.2 Å². The number of halogens is 2. The number of carbonyl (C=O) groups is 1. The smallest absolute Gasteiger partial charge is 0.261 e. The predicted molar refractivity (Wildman–Crippen MR) is 122 cm³/mol. The van der Waals surface area contributed by atoms with Gasteiger partial charge in [-0.3, -0.25) is 9.52 Å². The zero-order valence-electron chi connectivity index (χ0n) is 16.2. The molecular weight excluding hydrogens is 445 g/mol. The number of nitrogen functional groups attached to an aromatic ring is 1. The van der Waals surface area contributed by atoms with Gasteiger partial charge in [-0.15, -0.1) is 0 Å². The van der Waals surface area contributed by atoms with Gasteiger partial charge in [-0.1, -0.05) is 41.4 Å². The second-order valence-corrected chi connectivity index (χ2v) is 9.26. The molecule has 0 heterocycles. The largest absolute Gasteiger partial charge is 0.396 e. The lowest BCUT2D eigenvalue weighted by Gasteiger charge is -2.13. The van der Waals surface area contributed by atoms with E-state index in [4.69, 9.17) is 28.9 Å². The van der Waals surface area contributed by atoms with Gasteiger partial charge in [0.15, 0.2) is 0 Å². The Morgan fingerprint density at radius 2 is 1.60 bits per heavy atom. The van der Waals surface area contributed by atoms with E-state index < -0.39 is 15.9 Å². The quantitative estimate of drug-likeness (QED) is 0.449. The second-order valence-electron chi connectivity index (χ2n) is 6.76. The molecule has 0 aliphatic heterocycles. The summed E-state index contributed by atoms with van der Waals surface area (Å²) in [6, 6.07) is 14.3. The number of hydrogen-bond donors (Lipinski definition) is 3. The van der Waals surface area contributed by atoms with E-state index in [9.17, 15) is 13.2 Å². The molecule has 0 aliphatic carbocycles. The highest BCUT2D eigenvalue weighted by Gasteiger charge is 2.19. The number of benzene rings is 3. The third-order valence-electron chi connectivity index (χ3n) is 4.37. The molecule has 3 aromatic carbocycles. The molecule has 9 heteroatoms. The van der Waals surface area contributed by atoms with Crippen LogP contribution in [0.2, 0.25) is 10.0 Å². The van der Waals surface area contributed by atoms with Crippen LogP contribution in [0.25, 0.3) is 0 Å². The van der Waals surface area contributed by atoms with Crippen LogP contribution in [0.4, 0.5) is 17.1 Å². The lowest BCUT2D eigenvalue weighted by molar-refractivity contribution is 0.102. The lowest BCUT2D eigenvalue weighted by Crippen LogP contribution is -2.17. The molecule has 6 nitrogen and oxygen atoms in total. The highest BCUT2D eigenvalue weighted by atomic mass is 35.5. The first-order valence-electron chi connectivity index (χ1n) is 8.83. The van der Waals surface area contributed by atoms with E-state index in [1.807, 2.05) is 13.0 Å². The number of rotatable bonds is 5. The predicted octanol–water partition coefficient (Wildman–Crippen LogP) is 5.25. The van der Waals surface area contributed by atoms with Crippen LogP contribution in [0, 0.1) is 13.8 Å². The number of nitrogens with one attached hydrogen (secondary N) is 2. The Balaban J connectivity index is 1.90. The number of hydrogen-bond acceptors (Lipinski definition) is 4. The average molecular weight is 464 g/mol. The Kier molecular flexibility index (Phi) is 6.26. The van der Waals surface area contributed by atoms with Crippen molar-refractivity contribution in [1.82, 2.24) is 0 Å². The summed E-state index contributed by atoms with van der Waals surface area (Å²) in [5, 5.41) is 3.07. The fraction of sp³-hybridized carbons (Fsp3) is 0.0952. The Morgan fingerprint density at radius 3 is 2.23 bits per heavy atom. The molecule has 3 rings (SSSR count). The summed E-state index contributed by atoms with van der Waals surface area (Å²) < 4.78 is 28.1. The minimum Gasteiger partial charge on any atom is -0.396 e. The van der Waals surface area contributed by atoms with Gasteiger partial charge in [0.25, 0.3) is 15.9 Å². The van der Waals surface area contributed by atoms with Crippen LogP contribution in [0.3, 0.4) is 0 Å². The number of anilines is 3. The van der Waals surface area contributed by atoms with Crippen LogP contribution in [-0.2, 0) is 10.0 Å². The second kappa shape index (κ2) is 8.55. The Morgan fingerprint density at radius 1 is 0.933 bits per heavy atom. The van der Waals surface area contributed by atoms with Gasteiger partial charge in [0.1, 0.15) is 0 Å². The zero-order chi connectivity index (χ0) is 22.1. The lowest BCUT2D eigenvalue weighted by atomic mass is 10.1. The average Bonchev–Trinajstić information content (AvgIpc) is 2.65. The minimum absolute atomic E-state index is 0.0341. The van der Waals surface area contributed by atoms with Crippen LogP contribution in [0.5, 0.6) is 0 Å². The summed E-state index contributed by atoms with van der Waals surface area (Å²) in [5.74, 6) is -0.503. The molecule has 0 aromatic heterocycles. The van der Waals surface area contributed by atoms with E-state index >= 15 is 0 Å². The van der Waals surface area contributed by atoms with Gasteiger partial charge in [-0.2, -0.15) is 0 Å². The van der Waals surface area contributed by atoms with Crippen LogP contribution in [-0.4, -0.2) is 14.3 Å². The fourth-order valence-corrected chi connectivity index (χ4v) is 4.35. The third kappa shape index (κ3) is 4.87. The number of aryl methyl sites for hydroxylation is 2. The van der Waals surface area contributed by atoms with Crippen molar-refractivity contribution in [2.45, 2.75) is 18.7 Å². The van der Waals surface area contributed by atoms with E-state index in [1.54, 1.807) is 31.2 Å². The highest BCUT2D eigenvalue weighted by Crippen LogP contribution is 2.31. The van der Waals surface area contributed by atoms with Gasteiger partial charge < -0.3 is 11.1 Å². The highest BCUT2D eigenvalue weighted by molar-refractivity contribution is 7.92. The molecule has 156 valence electrons. The number of sulfonamides is 1. The molecule has 0 aliphatic rings. The van der Waals surface area contributed by atoms with Gasteiger partial charge >= 0.3 is 0 Å². The SMILES string of the molecule is Cc1cccc(NS(=O)(=O)c2ccc(C)c(C(=O)Nc3cc(Cl)c(N)c(Cl)c3)c2)c1. The number of carbonyl (C=O) groups excluding carboxylic acids is 1. The van der Waals surface area contributed by atoms with Crippen molar-refractivity contribution in [2.75, 3.05) is 15.8 Å². The molecular formula is C21H19Cl2N3O3S. The molecule has 30 heavy (non-hydrogen) atoms. The van der Waals surface area contributed by atoms with Crippen molar-refractivity contribution < 1.29 is 13.2 Å². The van der Waals surface area contributed by atoms with Gasteiger partial charge in [0.05, 0.1) is 20.6 Å². The normalized spacial score (nSPS) is 11.2. The maximum absolute atomic E-state index is 12.8. The van der Waals surface area contributed by atoms with Crippen molar-refractivity contribution in [3.8, 4) is 0 Å². The third-order valence-corrected chi connectivity index (χ3v) is 6.38. The summed E-state index contributed by atoms with van der Waals surface area (Å²) in [5.41, 5.74) is 8.42.